The minimum Gasteiger partial charge on any atom is -0.357 e. The Labute approximate surface area is 149 Å². The van der Waals surface area contributed by atoms with Gasteiger partial charge in [-0.1, -0.05) is 31.1 Å². The molecule has 132 valence electrons. The Balaban J connectivity index is 1.53. The summed E-state index contributed by atoms with van der Waals surface area (Å²) in [6.45, 7) is 2.18. The van der Waals surface area contributed by atoms with Crippen molar-refractivity contribution in [1.29, 1.82) is 0 Å². The zero-order valence-corrected chi connectivity index (χ0v) is 14.8. The number of nitrogens with zero attached hydrogens (tertiary/aromatic N) is 4. The van der Waals surface area contributed by atoms with Gasteiger partial charge in [0.25, 0.3) is 0 Å². The van der Waals surface area contributed by atoms with Gasteiger partial charge in [0.1, 0.15) is 12.1 Å². The van der Waals surface area contributed by atoms with Crippen LogP contribution in [0.4, 0.5) is 5.82 Å². The van der Waals surface area contributed by atoms with Crippen LogP contribution in [0.25, 0.3) is 5.65 Å². The van der Waals surface area contributed by atoms with E-state index < -0.39 is 0 Å². The molecule has 1 aliphatic heterocycles. The lowest BCUT2D eigenvalue weighted by molar-refractivity contribution is -0.107. The molecule has 3 rings (SSSR count). The number of aromatic nitrogens is 3. The summed E-state index contributed by atoms with van der Waals surface area (Å²) in [5.41, 5.74) is 1.76. The first-order valence-electron chi connectivity index (χ1n) is 9.40. The van der Waals surface area contributed by atoms with Crippen molar-refractivity contribution in [3.63, 3.8) is 0 Å². The molecule has 0 saturated carbocycles. The average molecular weight is 338 g/mol. The van der Waals surface area contributed by atoms with Crippen molar-refractivity contribution in [3.8, 4) is 11.8 Å². The second kappa shape index (κ2) is 9.22. The van der Waals surface area contributed by atoms with Crippen molar-refractivity contribution in [1.82, 2.24) is 14.6 Å². The normalized spacial score (nSPS) is 13.8. The van der Waals surface area contributed by atoms with Crippen LogP contribution < -0.4 is 4.90 Å². The number of carbonyl (C=O) groups is 1. The Kier molecular flexibility index (Phi) is 6.44. The first-order valence-corrected chi connectivity index (χ1v) is 9.40. The molecule has 2 aromatic rings. The molecule has 5 heteroatoms. The van der Waals surface area contributed by atoms with Crippen LogP contribution in [0.15, 0.2) is 18.5 Å². The topological polar surface area (TPSA) is 50.5 Å². The van der Waals surface area contributed by atoms with Gasteiger partial charge in [0.05, 0.1) is 11.8 Å². The molecule has 0 amide bonds. The summed E-state index contributed by atoms with van der Waals surface area (Å²) in [5.74, 6) is 7.53. The number of fused-ring (bicyclic) bond motifs is 1. The number of anilines is 1. The van der Waals surface area contributed by atoms with Crippen molar-refractivity contribution in [2.75, 3.05) is 18.0 Å². The number of aldehydes is 1. The van der Waals surface area contributed by atoms with E-state index in [9.17, 15) is 4.79 Å². The maximum absolute atomic E-state index is 10.2. The molecule has 0 spiro atoms. The van der Waals surface area contributed by atoms with Crippen LogP contribution in [0.3, 0.4) is 0 Å². The van der Waals surface area contributed by atoms with Gasteiger partial charge in [-0.3, -0.25) is 0 Å². The minimum absolute atomic E-state index is 0.695. The molecule has 0 bridgehead atoms. The van der Waals surface area contributed by atoms with Gasteiger partial charge in [-0.15, -0.1) is 0 Å². The quantitative estimate of drug-likeness (QED) is 0.419. The minimum atomic E-state index is 0.695. The van der Waals surface area contributed by atoms with E-state index in [1.54, 1.807) is 4.52 Å². The van der Waals surface area contributed by atoms with E-state index >= 15 is 0 Å². The second-order valence-corrected chi connectivity index (χ2v) is 6.58. The fraction of sp³-hybridized carbons (Fsp3) is 0.550. The number of hydrogen-bond acceptors (Lipinski definition) is 4. The lowest BCUT2D eigenvalue weighted by Crippen LogP contribution is -2.19. The smallest absolute Gasteiger partial charge is 0.172 e. The third-order valence-corrected chi connectivity index (χ3v) is 4.63. The molecule has 1 saturated heterocycles. The van der Waals surface area contributed by atoms with E-state index in [0.717, 1.165) is 62.1 Å². The molecule has 0 atom stereocenters. The fourth-order valence-corrected chi connectivity index (χ4v) is 3.20. The zero-order chi connectivity index (χ0) is 17.3. The monoisotopic (exact) mass is 338 g/mol. The van der Waals surface area contributed by atoms with Gasteiger partial charge in [-0.2, -0.15) is 5.10 Å². The second-order valence-electron chi connectivity index (χ2n) is 6.58. The van der Waals surface area contributed by atoms with Gasteiger partial charge < -0.3 is 9.69 Å². The summed E-state index contributed by atoms with van der Waals surface area (Å²) in [7, 11) is 0. The van der Waals surface area contributed by atoms with E-state index in [1.807, 2.05) is 18.5 Å². The third kappa shape index (κ3) is 4.82. The highest BCUT2D eigenvalue weighted by atomic mass is 16.1. The van der Waals surface area contributed by atoms with Gasteiger partial charge in [-0.25, -0.2) is 9.50 Å². The fourth-order valence-electron chi connectivity index (χ4n) is 3.20. The summed E-state index contributed by atoms with van der Waals surface area (Å²) >= 11 is 0. The summed E-state index contributed by atoms with van der Waals surface area (Å²) in [6, 6.07) is 2.03. The first kappa shape index (κ1) is 17.5. The number of rotatable bonds is 8. The predicted octanol–water partition coefficient (Wildman–Crippen LogP) is 3.61. The summed E-state index contributed by atoms with van der Waals surface area (Å²) in [5, 5.41) is 4.35. The van der Waals surface area contributed by atoms with Crippen LogP contribution in [0.5, 0.6) is 0 Å². The summed E-state index contributed by atoms with van der Waals surface area (Å²) in [6.07, 6.45) is 14.5. The maximum Gasteiger partial charge on any atom is 0.172 e. The van der Waals surface area contributed by atoms with Crippen LogP contribution in [0.1, 0.15) is 63.4 Å². The Hall–Kier alpha value is -2.35. The highest BCUT2D eigenvalue weighted by molar-refractivity contribution is 5.59. The van der Waals surface area contributed by atoms with Crippen LogP contribution in [-0.2, 0) is 4.79 Å². The van der Waals surface area contributed by atoms with Crippen LogP contribution >= 0.6 is 0 Å². The predicted molar refractivity (Wildman–Crippen MR) is 99.7 cm³/mol. The molecule has 0 aromatic carbocycles. The molecular weight excluding hydrogens is 312 g/mol. The molecule has 0 N–H and O–H groups in total. The first-order chi connectivity index (χ1) is 12.4. The van der Waals surface area contributed by atoms with E-state index in [2.05, 4.69) is 21.8 Å². The highest BCUT2D eigenvalue weighted by Gasteiger charge is 2.14. The van der Waals surface area contributed by atoms with Crippen molar-refractivity contribution < 1.29 is 4.79 Å². The van der Waals surface area contributed by atoms with E-state index in [-0.39, 0.29) is 0 Å². The SMILES string of the molecule is O=CCCCCCCCC#Cc1cnn2ccc(N3CCCC3)nc12. The molecule has 0 unspecified atom stereocenters. The lowest BCUT2D eigenvalue weighted by atomic mass is 10.1. The Morgan fingerprint density at radius 2 is 1.92 bits per heavy atom. The Bertz CT molecular complexity index is 750. The van der Waals surface area contributed by atoms with Gasteiger partial charge in [0, 0.05) is 32.1 Å². The van der Waals surface area contributed by atoms with E-state index in [1.165, 1.54) is 25.7 Å². The van der Waals surface area contributed by atoms with E-state index in [0.29, 0.717) is 6.42 Å². The molecule has 5 nitrogen and oxygen atoms in total. The number of carbonyl (C=O) groups excluding carboxylic acids is 1. The van der Waals surface area contributed by atoms with Crippen LogP contribution in [0, 0.1) is 11.8 Å². The molecule has 0 aliphatic carbocycles. The van der Waals surface area contributed by atoms with Crippen LogP contribution in [-0.4, -0.2) is 34.0 Å². The van der Waals surface area contributed by atoms with Crippen LogP contribution in [0.2, 0.25) is 0 Å². The van der Waals surface area contributed by atoms with Gasteiger partial charge >= 0.3 is 0 Å². The van der Waals surface area contributed by atoms with Gasteiger partial charge in [0.15, 0.2) is 5.65 Å². The lowest BCUT2D eigenvalue weighted by Gasteiger charge is -2.15. The van der Waals surface area contributed by atoms with Crippen molar-refractivity contribution in [2.24, 2.45) is 0 Å². The Morgan fingerprint density at radius 1 is 1.12 bits per heavy atom. The van der Waals surface area contributed by atoms with Crippen molar-refractivity contribution >= 4 is 17.8 Å². The number of hydrogen-bond donors (Lipinski definition) is 0. The largest absolute Gasteiger partial charge is 0.357 e. The summed E-state index contributed by atoms with van der Waals surface area (Å²) in [4.78, 5) is 17.3. The van der Waals surface area contributed by atoms with Crippen molar-refractivity contribution in [3.05, 3.63) is 24.0 Å². The van der Waals surface area contributed by atoms with Gasteiger partial charge in [-0.05, 0) is 31.7 Å². The highest BCUT2D eigenvalue weighted by Crippen LogP contribution is 2.19. The molecule has 1 aliphatic rings. The molecule has 0 radical (unpaired) electrons. The molecule has 2 aromatic heterocycles. The third-order valence-electron chi connectivity index (χ3n) is 4.63. The average Bonchev–Trinajstić information content (AvgIpc) is 3.30. The maximum atomic E-state index is 10.2. The zero-order valence-electron chi connectivity index (χ0n) is 14.8. The van der Waals surface area contributed by atoms with E-state index in [4.69, 9.17) is 4.98 Å². The van der Waals surface area contributed by atoms with Crippen molar-refractivity contribution in [2.45, 2.75) is 57.8 Å². The molecule has 3 heterocycles. The molecule has 1 fully saturated rings. The summed E-state index contributed by atoms with van der Waals surface area (Å²) < 4.78 is 1.80. The molecular formula is C20H26N4O. The number of unbranched alkanes of at least 4 members (excludes halogenated alkanes) is 6. The van der Waals surface area contributed by atoms with Gasteiger partial charge in [0.2, 0.25) is 0 Å². The standard InChI is InChI=1S/C20H26N4O/c25-16-10-6-4-2-1-3-5-7-11-18-17-21-24-15-12-19(22-20(18)24)23-13-8-9-14-23/h12,15-17H,1-6,8-10,13-14H2. The Morgan fingerprint density at radius 3 is 2.76 bits per heavy atom. The molecule has 25 heavy (non-hydrogen) atoms.